The maximum atomic E-state index is 6.45. The summed E-state index contributed by atoms with van der Waals surface area (Å²) < 4.78 is 16.0. The van der Waals surface area contributed by atoms with Crippen molar-refractivity contribution < 1.29 is 9.15 Å². The fourth-order valence-corrected chi connectivity index (χ4v) is 6.80. The van der Waals surface area contributed by atoms with Crippen LogP contribution in [0.1, 0.15) is 19.4 Å². The van der Waals surface area contributed by atoms with Crippen LogP contribution >= 0.6 is 15.9 Å². The second-order valence-electron chi connectivity index (χ2n) is 10.7. The predicted octanol–water partition coefficient (Wildman–Crippen LogP) is 9.63. The van der Waals surface area contributed by atoms with Gasteiger partial charge in [0, 0.05) is 37.0 Å². The Hall–Kier alpha value is -4.80. The highest BCUT2D eigenvalue weighted by Crippen LogP contribution is 2.39. The Morgan fingerprint density at radius 3 is 2.60 bits per heavy atom. The smallest absolute Gasteiger partial charge is 0.136 e. The Kier molecular flexibility index (Phi) is 6.79. The van der Waals surface area contributed by atoms with Crippen molar-refractivity contribution in [3.8, 4) is 22.6 Å². The number of aromatic nitrogens is 1. The van der Waals surface area contributed by atoms with E-state index in [-0.39, 0.29) is 6.10 Å². The van der Waals surface area contributed by atoms with E-state index in [4.69, 9.17) is 9.15 Å². The second kappa shape index (κ2) is 10.8. The molecule has 0 bridgehead atoms. The van der Waals surface area contributed by atoms with Crippen molar-refractivity contribution >= 4 is 66.5 Å². The van der Waals surface area contributed by atoms with Crippen LogP contribution in [-0.4, -0.2) is 10.7 Å². The molecule has 1 aliphatic rings. The third-order valence-electron chi connectivity index (χ3n) is 8.06. The predicted molar refractivity (Wildman–Crippen MR) is 185 cm³/mol. The van der Waals surface area contributed by atoms with Crippen LogP contribution in [0, 0.1) is 0 Å². The van der Waals surface area contributed by atoms with Gasteiger partial charge in [0.05, 0.1) is 16.6 Å². The van der Waals surface area contributed by atoms with Gasteiger partial charge in [-0.15, -0.1) is 0 Å². The van der Waals surface area contributed by atoms with Crippen molar-refractivity contribution in [2.24, 2.45) is 0 Å². The number of para-hydroxylation sites is 1. The van der Waals surface area contributed by atoms with Gasteiger partial charge in [-0.2, -0.15) is 0 Å². The van der Waals surface area contributed by atoms with Gasteiger partial charge in [0.2, 0.25) is 0 Å². The lowest BCUT2D eigenvalue weighted by atomic mass is 9.99. The molecule has 6 aromatic rings. The maximum absolute atomic E-state index is 6.45. The van der Waals surface area contributed by atoms with Crippen LogP contribution in [-0.2, 0) is 0 Å². The summed E-state index contributed by atoms with van der Waals surface area (Å²) in [6.07, 6.45) is 14.2. The monoisotopic (exact) mass is 623 g/mol. The van der Waals surface area contributed by atoms with Gasteiger partial charge in [-0.05, 0) is 73.5 Å². The summed E-state index contributed by atoms with van der Waals surface area (Å²) in [7, 11) is 0. The Morgan fingerprint density at radius 2 is 1.77 bits per heavy atom. The summed E-state index contributed by atoms with van der Waals surface area (Å²) in [5, 5.41) is 5.50. The summed E-state index contributed by atoms with van der Waals surface area (Å²) in [6.45, 7) is 12.7. The quantitative estimate of drug-likeness (QED) is 0.196. The molecule has 3 nitrogen and oxygen atoms in total. The molecule has 1 atom stereocenters. The van der Waals surface area contributed by atoms with Crippen molar-refractivity contribution in [3.63, 3.8) is 0 Å². The minimum absolute atomic E-state index is 0.0869. The Morgan fingerprint density at radius 1 is 0.930 bits per heavy atom. The van der Waals surface area contributed by atoms with Crippen LogP contribution in [0.25, 0.3) is 67.4 Å². The normalized spacial score (nSPS) is 17.5. The SMILES string of the molecule is C=C/C=c1\c(=C/C)c2cccc(-c3ccc4oc5cccc(Br)c5c4c3)c2n1-c1cccc2c1C(=C)/C=C\C=C/C(C)O2. The van der Waals surface area contributed by atoms with Gasteiger partial charge in [-0.1, -0.05) is 95.9 Å². The number of fused-ring (bicyclic) bond motifs is 5. The molecule has 4 heteroatoms. The number of ether oxygens (including phenoxy) is 1. The molecule has 0 N–H and O–H groups in total. The summed E-state index contributed by atoms with van der Waals surface area (Å²) in [5.41, 5.74) is 7.89. The zero-order valence-electron chi connectivity index (χ0n) is 24.1. The molecular formula is C39H30BrNO2. The van der Waals surface area contributed by atoms with Crippen molar-refractivity contribution in [2.45, 2.75) is 20.0 Å². The summed E-state index contributed by atoms with van der Waals surface area (Å²) >= 11 is 3.75. The molecule has 0 fully saturated rings. The molecule has 0 saturated heterocycles. The van der Waals surface area contributed by atoms with Crippen molar-refractivity contribution in [1.29, 1.82) is 0 Å². The van der Waals surface area contributed by atoms with Crippen LogP contribution in [0.5, 0.6) is 5.75 Å². The number of benzene rings is 4. The molecule has 3 heterocycles. The molecule has 0 saturated carbocycles. The van der Waals surface area contributed by atoms with Crippen molar-refractivity contribution in [3.05, 3.63) is 137 Å². The van der Waals surface area contributed by atoms with Gasteiger partial charge in [-0.25, -0.2) is 0 Å². The van der Waals surface area contributed by atoms with Gasteiger partial charge < -0.3 is 13.7 Å². The molecule has 1 aliphatic heterocycles. The number of allylic oxidation sites excluding steroid dienone is 5. The average molecular weight is 625 g/mol. The zero-order valence-corrected chi connectivity index (χ0v) is 25.7. The van der Waals surface area contributed by atoms with Crippen molar-refractivity contribution in [2.75, 3.05) is 0 Å². The fraction of sp³-hybridized carbons (Fsp3) is 0.0769. The van der Waals surface area contributed by atoms with Crippen LogP contribution in [0.2, 0.25) is 0 Å². The topological polar surface area (TPSA) is 27.3 Å². The Labute approximate surface area is 258 Å². The second-order valence-corrected chi connectivity index (χ2v) is 11.5. The van der Waals surface area contributed by atoms with Crippen LogP contribution in [0.15, 0.2) is 125 Å². The van der Waals surface area contributed by atoms with Gasteiger partial charge in [0.25, 0.3) is 0 Å². The van der Waals surface area contributed by atoms with Crippen LogP contribution in [0.3, 0.4) is 0 Å². The first kappa shape index (κ1) is 27.1. The number of hydrogen-bond acceptors (Lipinski definition) is 2. The molecule has 43 heavy (non-hydrogen) atoms. The molecule has 0 radical (unpaired) electrons. The zero-order chi connectivity index (χ0) is 29.7. The lowest BCUT2D eigenvalue weighted by molar-refractivity contribution is 0.269. The largest absolute Gasteiger partial charge is 0.486 e. The highest BCUT2D eigenvalue weighted by molar-refractivity contribution is 9.10. The first-order valence-corrected chi connectivity index (χ1v) is 15.2. The van der Waals surface area contributed by atoms with Crippen molar-refractivity contribution in [1.82, 2.24) is 4.57 Å². The molecule has 4 aromatic carbocycles. The van der Waals surface area contributed by atoms with E-state index in [1.807, 2.05) is 55.5 Å². The maximum Gasteiger partial charge on any atom is 0.136 e. The Balaban J connectivity index is 1.61. The van der Waals surface area contributed by atoms with E-state index < -0.39 is 0 Å². The lowest BCUT2D eigenvalue weighted by Crippen LogP contribution is -2.28. The van der Waals surface area contributed by atoms with Crippen LogP contribution < -0.4 is 15.3 Å². The first-order chi connectivity index (χ1) is 21.0. The van der Waals surface area contributed by atoms with E-state index >= 15 is 0 Å². The summed E-state index contributed by atoms with van der Waals surface area (Å²) in [6, 6.07) is 25.3. The minimum atomic E-state index is -0.0869. The van der Waals surface area contributed by atoms with E-state index in [2.05, 4.69) is 107 Å². The number of halogens is 1. The van der Waals surface area contributed by atoms with Gasteiger partial charge >= 0.3 is 0 Å². The number of nitrogens with zero attached hydrogens (tertiary/aromatic N) is 1. The fourth-order valence-electron chi connectivity index (χ4n) is 6.24. The average Bonchev–Trinajstić information content (AvgIpc) is 3.56. The highest BCUT2D eigenvalue weighted by atomic mass is 79.9. The van der Waals surface area contributed by atoms with E-state index in [9.17, 15) is 0 Å². The lowest BCUT2D eigenvalue weighted by Gasteiger charge is -2.20. The van der Waals surface area contributed by atoms with Gasteiger partial charge in [-0.3, -0.25) is 0 Å². The summed E-state index contributed by atoms with van der Waals surface area (Å²) in [4.78, 5) is 0. The molecule has 0 spiro atoms. The van der Waals surface area contributed by atoms with E-state index in [0.717, 1.165) is 81.6 Å². The number of furan rings is 1. The molecule has 1 unspecified atom stereocenters. The minimum Gasteiger partial charge on any atom is -0.486 e. The Bertz CT molecular complexity index is 2290. The van der Waals surface area contributed by atoms with E-state index in [1.54, 1.807) is 0 Å². The first-order valence-electron chi connectivity index (χ1n) is 14.4. The molecule has 7 rings (SSSR count). The highest BCUT2D eigenvalue weighted by Gasteiger charge is 2.21. The third kappa shape index (κ3) is 4.41. The molecular weight excluding hydrogens is 594 g/mol. The van der Waals surface area contributed by atoms with Crippen LogP contribution in [0.4, 0.5) is 0 Å². The number of rotatable bonds is 3. The molecule has 2 aromatic heterocycles. The number of hydrogen-bond donors (Lipinski definition) is 0. The standard InChI is InChI=1S/C39H30BrNO2/c1-5-12-32-27(6-2)29-16-9-15-28(26-21-22-34-30(23-26)38-31(40)17-10-19-36(38)43-34)39(29)41(32)33-18-11-20-35-37(33)24(3)13-7-8-14-25(4)42-35/h5-23,25H,1,3H2,2,4H3/b13-7-,14-8-,27-6-,32-12+. The third-order valence-corrected chi connectivity index (χ3v) is 8.72. The van der Waals surface area contributed by atoms with Gasteiger partial charge in [0.1, 0.15) is 23.0 Å². The molecule has 0 amide bonds. The summed E-state index contributed by atoms with van der Waals surface area (Å²) in [5.74, 6) is 0.799. The molecule has 210 valence electrons. The van der Waals surface area contributed by atoms with E-state index in [1.165, 1.54) is 0 Å². The van der Waals surface area contributed by atoms with Gasteiger partial charge in [0.15, 0.2) is 0 Å². The van der Waals surface area contributed by atoms with E-state index in [0.29, 0.717) is 0 Å². The molecule has 0 aliphatic carbocycles.